The van der Waals surface area contributed by atoms with Gasteiger partial charge in [0.15, 0.2) is 0 Å². The average Bonchev–Trinajstić information content (AvgIpc) is 2.92. The molecule has 3 rings (SSSR count). The summed E-state index contributed by atoms with van der Waals surface area (Å²) in [5.41, 5.74) is -3.31. The van der Waals surface area contributed by atoms with Crippen molar-refractivity contribution in [3.05, 3.63) is 39.9 Å². The quantitative estimate of drug-likeness (QED) is 0.450. The van der Waals surface area contributed by atoms with Crippen LogP contribution in [0.2, 0.25) is 10.2 Å². The summed E-state index contributed by atoms with van der Waals surface area (Å²) in [5, 5.41) is -1.16. The number of hydrogen-bond donors (Lipinski definition) is 0. The van der Waals surface area contributed by atoms with E-state index in [4.69, 9.17) is 44.3 Å². The molecule has 1 saturated heterocycles. The van der Waals surface area contributed by atoms with Crippen LogP contribution in [0.4, 0.5) is 17.6 Å². The van der Waals surface area contributed by atoms with Gasteiger partial charge >= 0.3 is 6.18 Å². The highest BCUT2D eigenvalue weighted by Gasteiger charge is 2.40. The van der Waals surface area contributed by atoms with E-state index in [1.807, 2.05) is 0 Å². The number of alkyl halides is 4. The van der Waals surface area contributed by atoms with Crippen LogP contribution in [0.5, 0.6) is 5.75 Å². The highest BCUT2D eigenvalue weighted by molar-refractivity contribution is 6.39. The highest BCUT2D eigenvalue weighted by atomic mass is 35.5. The van der Waals surface area contributed by atoms with E-state index in [1.165, 1.54) is 11.0 Å². The molecule has 0 radical (unpaired) electrons. The Hall–Kier alpha value is -1.68. The van der Waals surface area contributed by atoms with Crippen molar-refractivity contribution in [2.75, 3.05) is 26.3 Å². The van der Waals surface area contributed by atoms with E-state index >= 15 is 0 Å². The minimum absolute atomic E-state index is 0.0439. The van der Waals surface area contributed by atoms with Crippen LogP contribution in [0.15, 0.2) is 18.2 Å². The summed E-state index contributed by atoms with van der Waals surface area (Å²) in [5.74, 6) is -1.44. The lowest BCUT2D eigenvalue weighted by molar-refractivity contribution is -0.143. The zero-order valence-corrected chi connectivity index (χ0v) is 17.7. The smallest absolute Gasteiger partial charge is 0.432 e. The number of amides is 1. The van der Waals surface area contributed by atoms with E-state index < -0.39 is 39.3 Å². The molecule has 30 heavy (non-hydrogen) atoms. The lowest BCUT2D eigenvalue weighted by atomic mass is 10.1. The second-order valence-electron chi connectivity index (χ2n) is 6.40. The molecule has 1 fully saturated rings. The zero-order valence-electron chi connectivity index (χ0n) is 15.4. The van der Waals surface area contributed by atoms with Gasteiger partial charge in [-0.3, -0.25) is 4.79 Å². The number of carbonyl (C=O) groups excluding carboxylic acids is 1. The molecule has 1 aromatic heterocycles. The molecule has 164 valence electrons. The van der Waals surface area contributed by atoms with Gasteiger partial charge < -0.3 is 18.9 Å². The van der Waals surface area contributed by atoms with E-state index in [1.54, 1.807) is 0 Å². The van der Waals surface area contributed by atoms with Gasteiger partial charge in [-0.05, 0) is 18.2 Å². The molecule has 0 N–H and O–H groups in total. The van der Waals surface area contributed by atoms with E-state index in [2.05, 4.69) is 0 Å². The van der Waals surface area contributed by atoms with Crippen molar-refractivity contribution in [3.63, 3.8) is 0 Å². The molecule has 0 saturated carbocycles. The first-order valence-electron chi connectivity index (χ1n) is 8.60. The molecule has 1 aliphatic rings. The minimum atomic E-state index is -4.80. The molecule has 12 heteroatoms. The SMILES string of the molecule is Cn1c(Cl)c(-c2cc(OC(Cl)C(=O)N3CCOCC3)ccc2F)c(Cl)c1C(F)(F)F. The third kappa shape index (κ3) is 4.49. The second kappa shape index (κ2) is 8.82. The average molecular weight is 490 g/mol. The second-order valence-corrected chi connectivity index (χ2v) is 7.53. The molecule has 2 aromatic rings. The van der Waals surface area contributed by atoms with Gasteiger partial charge in [0.2, 0.25) is 5.56 Å². The van der Waals surface area contributed by atoms with Gasteiger partial charge in [-0.1, -0.05) is 34.8 Å². The first-order valence-corrected chi connectivity index (χ1v) is 9.79. The standard InChI is InChI=1S/C18H15Cl3F4N2O3/c1-26-14(18(23,24)25)13(19)12(15(26)20)10-8-9(2-3-11(10)22)30-16(21)17(28)27-4-6-29-7-5-27/h2-3,8,16H,4-7H2,1H3. The Balaban J connectivity index is 1.92. The van der Waals surface area contributed by atoms with Crippen LogP contribution in [0.1, 0.15) is 5.69 Å². The Bertz CT molecular complexity index is 959. The first-order chi connectivity index (χ1) is 14.0. The number of hydrogen-bond acceptors (Lipinski definition) is 3. The number of ether oxygens (including phenoxy) is 2. The van der Waals surface area contributed by atoms with Crippen molar-refractivity contribution in [2.45, 2.75) is 11.7 Å². The van der Waals surface area contributed by atoms with E-state index in [0.717, 1.165) is 19.2 Å². The highest BCUT2D eigenvalue weighted by Crippen LogP contribution is 2.46. The van der Waals surface area contributed by atoms with Crippen LogP contribution < -0.4 is 4.74 Å². The molecule has 0 spiro atoms. The Morgan fingerprint density at radius 1 is 1.23 bits per heavy atom. The summed E-state index contributed by atoms with van der Waals surface area (Å²) in [6.07, 6.45) is -4.80. The predicted molar refractivity (Wildman–Crippen MR) is 103 cm³/mol. The van der Waals surface area contributed by atoms with Crippen molar-refractivity contribution in [2.24, 2.45) is 7.05 Å². The van der Waals surface area contributed by atoms with Crippen molar-refractivity contribution in [1.82, 2.24) is 9.47 Å². The topological polar surface area (TPSA) is 43.7 Å². The molecule has 1 aliphatic heterocycles. The Morgan fingerprint density at radius 2 is 1.87 bits per heavy atom. The molecule has 0 aliphatic carbocycles. The third-order valence-corrected chi connectivity index (χ3v) is 5.58. The van der Waals surface area contributed by atoms with Gasteiger partial charge in [0.05, 0.1) is 18.2 Å². The van der Waals surface area contributed by atoms with E-state index in [-0.39, 0.29) is 16.9 Å². The lowest BCUT2D eigenvalue weighted by Gasteiger charge is -2.28. The fraction of sp³-hybridized carbons (Fsp3) is 0.389. The van der Waals surface area contributed by atoms with Crippen molar-refractivity contribution < 1.29 is 31.8 Å². The monoisotopic (exact) mass is 488 g/mol. The molecule has 5 nitrogen and oxygen atoms in total. The molecule has 1 amide bonds. The number of nitrogens with zero attached hydrogens (tertiary/aromatic N) is 2. The fourth-order valence-electron chi connectivity index (χ4n) is 3.03. The number of benzene rings is 1. The molecular weight excluding hydrogens is 475 g/mol. The summed E-state index contributed by atoms with van der Waals surface area (Å²) in [6.45, 7) is 1.41. The maximum absolute atomic E-state index is 14.5. The molecule has 1 aromatic carbocycles. The minimum Gasteiger partial charge on any atom is -0.465 e. The third-order valence-electron chi connectivity index (χ3n) is 4.50. The number of carbonyl (C=O) groups is 1. The summed E-state index contributed by atoms with van der Waals surface area (Å²) in [6, 6.07) is 3.24. The van der Waals surface area contributed by atoms with Crippen molar-refractivity contribution >= 4 is 40.7 Å². The number of rotatable bonds is 4. The van der Waals surface area contributed by atoms with Gasteiger partial charge in [0, 0.05) is 31.3 Å². The van der Waals surface area contributed by atoms with E-state index in [0.29, 0.717) is 30.9 Å². The number of morpholine rings is 1. The van der Waals surface area contributed by atoms with Gasteiger partial charge in [-0.15, -0.1) is 0 Å². The summed E-state index contributed by atoms with van der Waals surface area (Å²) < 4.78 is 65.5. The largest absolute Gasteiger partial charge is 0.465 e. The van der Waals surface area contributed by atoms with Crippen LogP contribution in [-0.4, -0.2) is 47.2 Å². The normalized spacial score (nSPS) is 15.9. The van der Waals surface area contributed by atoms with Crippen LogP contribution in [0, 0.1) is 5.82 Å². The Labute approximate surface area is 184 Å². The summed E-state index contributed by atoms with van der Waals surface area (Å²) >= 11 is 18.0. The van der Waals surface area contributed by atoms with Crippen LogP contribution >= 0.6 is 34.8 Å². The summed E-state index contributed by atoms with van der Waals surface area (Å²) in [7, 11) is 1.06. The summed E-state index contributed by atoms with van der Waals surface area (Å²) in [4.78, 5) is 13.8. The molecule has 0 bridgehead atoms. The predicted octanol–water partition coefficient (Wildman–Crippen LogP) is 4.96. The maximum Gasteiger partial charge on any atom is 0.432 e. The van der Waals surface area contributed by atoms with Crippen molar-refractivity contribution in [1.29, 1.82) is 0 Å². The molecule has 1 unspecified atom stereocenters. The number of aromatic nitrogens is 1. The van der Waals surface area contributed by atoms with Crippen molar-refractivity contribution in [3.8, 4) is 16.9 Å². The van der Waals surface area contributed by atoms with Gasteiger partial charge in [-0.2, -0.15) is 13.2 Å². The number of halogens is 7. The van der Waals surface area contributed by atoms with Crippen LogP contribution in [0.25, 0.3) is 11.1 Å². The lowest BCUT2D eigenvalue weighted by Crippen LogP contribution is -2.45. The van der Waals surface area contributed by atoms with Crippen LogP contribution in [-0.2, 0) is 22.8 Å². The molecular formula is C18H15Cl3F4N2O3. The van der Waals surface area contributed by atoms with Gasteiger partial charge in [-0.25, -0.2) is 4.39 Å². The van der Waals surface area contributed by atoms with Crippen LogP contribution in [0.3, 0.4) is 0 Å². The Kier molecular flexibility index (Phi) is 6.76. The van der Waals surface area contributed by atoms with Gasteiger partial charge in [0.1, 0.15) is 22.4 Å². The Morgan fingerprint density at radius 3 is 2.43 bits per heavy atom. The van der Waals surface area contributed by atoms with E-state index in [9.17, 15) is 22.4 Å². The maximum atomic E-state index is 14.5. The van der Waals surface area contributed by atoms with Gasteiger partial charge in [0.25, 0.3) is 5.91 Å². The fourth-order valence-corrected chi connectivity index (χ4v) is 4.03. The zero-order chi connectivity index (χ0) is 22.2. The molecule has 2 heterocycles. The molecule has 1 atom stereocenters. The first kappa shape index (κ1) is 23.0.